The summed E-state index contributed by atoms with van der Waals surface area (Å²) in [6, 6.07) is 3.05. The molecule has 1 rings (SSSR count). The fourth-order valence-electron chi connectivity index (χ4n) is 1.27. The smallest absolute Gasteiger partial charge is 0.282 e. The number of rotatable bonds is 4. The van der Waals surface area contributed by atoms with Gasteiger partial charge in [0.15, 0.2) is 0 Å². The first-order chi connectivity index (χ1) is 7.34. The molecule has 1 radical (unpaired) electrons. The average Bonchev–Trinajstić information content (AvgIpc) is 2.19. The molecule has 0 fully saturated rings. The van der Waals surface area contributed by atoms with Crippen molar-refractivity contribution in [2.75, 3.05) is 0 Å². The Morgan fingerprint density at radius 3 is 2.69 bits per heavy atom. The Kier molecular flexibility index (Phi) is 4.15. The number of phenols is 1. The van der Waals surface area contributed by atoms with Crippen LogP contribution in [0, 0.1) is 0 Å². The van der Waals surface area contributed by atoms with Crippen LogP contribution in [0.2, 0.25) is 0 Å². The van der Waals surface area contributed by atoms with Gasteiger partial charge in [-0.2, -0.15) is 0 Å². The monoisotopic (exact) mass is 260 g/mol. The van der Waals surface area contributed by atoms with Gasteiger partial charge >= 0.3 is 0 Å². The van der Waals surface area contributed by atoms with Crippen LogP contribution in [0.1, 0.15) is 5.56 Å². The lowest BCUT2D eigenvalue weighted by Crippen LogP contribution is -2.26. The lowest BCUT2D eigenvalue weighted by molar-refractivity contribution is 0.474. The Morgan fingerprint density at radius 2 is 2.19 bits per heavy atom. The van der Waals surface area contributed by atoms with Gasteiger partial charge < -0.3 is 15.7 Å². The van der Waals surface area contributed by atoms with Crippen molar-refractivity contribution in [3.05, 3.63) is 23.8 Å². The molecule has 2 atom stereocenters. The predicted molar refractivity (Wildman–Crippen MR) is 63.9 cm³/mol. The molecule has 87 valence electrons. The summed E-state index contributed by atoms with van der Waals surface area (Å²) < 4.78 is 11.4. The van der Waals surface area contributed by atoms with Crippen LogP contribution in [0.4, 0.5) is 0 Å². The second-order valence-electron chi connectivity index (χ2n) is 3.29. The Balaban J connectivity index is 3.18. The van der Waals surface area contributed by atoms with E-state index in [2.05, 4.69) is 12.2 Å². The maximum Gasteiger partial charge on any atom is 0.282 e. The van der Waals surface area contributed by atoms with Crippen molar-refractivity contribution in [1.29, 1.82) is 0 Å². The number of benzene rings is 1. The summed E-state index contributed by atoms with van der Waals surface area (Å²) in [6.45, 7) is -3.80. The third-order valence-electron chi connectivity index (χ3n) is 1.97. The van der Waals surface area contributed by atoms with Crippen molar-refractivity contribution >= 4 is 30.4 Å². The first-order valence-electron chi connectivity index (χ1n) is 4.36. The fraction of sp³-hybridized carbons (Fsp3) is 0.222. The summed E-state index contributed by atoms with van der Waals surface area (Å²) in [6.07, 6.45) is 1.65. The summed E-state index contributed by atoms with van der Waals surface area (Å²) in [7, 11) is 0. The van der Waals surface area contributed by atoms with Crippen LogP contribution in [0.25, 0.3) is 0 Å². The molecular weight excluding hydrogens is 249 g/mol. The Hall–Kier alpha value is -0.810. The van der Waals surface area contributed by atoms with E-state index < -0.39 is 12.6 Å². The quantitative estimate of drug-likeness (QED) is 0.455. The highest BCUT2D eigenvalue weighted by Gasteiger charge is 2.21. The molecule has 0 saturated carbocycles. The van der Waals surface area contributed by atoms with Crippen molar-refractivity contribution in [3.8, 4) is 5.75 Å². The number of hydrogen-bond acceptors (Lipinski definition) is 4. The first-order valence-corrected chi connectivity index (χ1v) is 7.17. The van der Waals surface area contributed by atoms with Gasteiger partial charge in [0.05, 0.1) is 11.3 Å². The minimum atomic E-state index is -3.80. The molecule has 4 N–H and O–H groups in total. The highest BCUT2D eigenvalue weighted by atomic mass is 32.7. The second kappa shape index (κ2) is 5.01. The van der Waals surface area contributed by atoms with Gasteiger partial charge in [-0.15, -0.1) is 0 Å². The van der Waals surface area contributed by atoms with E-state index in [0.29, 0.717) is 5.56 Å². The molecule has 1 aromatic rings. The van der Waals surface area contributed by atoms with Crippen LogP contribution >= 0.6 is 18.8 Å². The SMILES string of the molecule is N[C@H]([C]=O)Cc1ccc(O)cc1P(=O)(O)S. The van der Waals surface area contributed by atoms with Crippen LogP contribution < -0.4 is 11.0 Å². The number of aromatic hydroxyl groups is 1. The molecule has 0 aliphatic carbocycles. The molecule has 0 bridgehead atoms. The molecule has 1 unspecified atom stereocenters. The Bertz CT molecular complexity index is 445. The molecule has 7 heteroatoms. The van der Waals surface area contributed by atoms with Crippen molar-refractivity contribution in [2.45, 2.75) is 12.5 Å². The molecule has 0 aromatic heterocycles. The van der Waals surface area contributed by atoms with Crippen LogP contribution in [-0.2, 0) is 15.8 Å². The van der Waals surface area contributed by atoms with Gasteiger partial charge in [0.2, 0.25) is 6.29 Å². The minimum absolute atomic E-state index is 0.0125. The highest BCUT2D eigenvalue weighted by molar-refractivity contribution is 8.48. The summed E-state index contributed by atoms with van der Waals surface area (Å²) in [5, 5.41) is 9.20. The van der Waals surface area contributed by atoms with Crippen LogP contribution in [0.3, 0.4) is 0 Å². The number of carbonyl (C=O) groups excluding carboxylic acids is 1. The van der Waals surface area contributed by atoms with Gasteiger partial charge in [0.1, 0.15) is 5.75 Å². The minimum Gasteiger partial charge on any atom is -0.508 e. The van der Waals surface area contributed by atoms with Crippen LogP contribution in [0.5, 0.6) is 5.75 Å². The number of hydrogen-bond donors (Lipinski definition) is 4. The molecule has 5 nitrogen and oxygen atoms in total. The number of nitrogens with two attached hydrogens (primary N) is 1. The third-order valence-corrected chi connectivity index (χ3v) is 3.66. The standard InChI is InChI=1S/C9H11NO4PS/c10-7(5-11)3-6-1-2-8(12)4-9(6)15(13,14)16/h1-2,4,7,12H,3,10H2,(H2,13,14,16)/t7-/m0/s1. The second-order valence-corrected chi connectivity index (χ2v) is 6.48. The molecule has 0 aliphatic rings. The normalized spacial score (nSPS) is 16.4. The van der Waals surface area contributed by atoms with Gasteiger partial charge in [0.25, 0.3) is 6.57 Å². The van der Waals surface area contributed by atoms with Crippen molar-refractivity contribution in [3.63, 3.8) is 0 Å². The predicted octanol–water partition coefficient (Wildman–Crippen LogP) is 0.112. The lowest BCUT2D eigenvalue weighted by atomic mass is 10.1. The van der Waals surface area contributed by atoms with Crippen molar-refractivity contribution in [2.24, 2.45) is 5.73 Å². The number of thiol groups is 1. The number of phenolic OH excluding ortho intramolecular Hbond substituents is 1. The largest absolute Gasteiger partial charge is 0.508 e. The summed E-state index contributed by atoms with van der Waals surface area (Å²) in [5.41, 5.74) is 5.77. The van der Waals surface area contributed by atoms with E-state index in [0.717, 1.165) is 6.07 Å². The third kappa shape index (κ3) is 3.35. The Labute approximate surface area is 97.9 Å². The summed E-state index contributed by atoms with van der Waals surface area (Å²) in [5.74, 6) is -0.147. The maximum atomic E-state index is 11.4. The van der Waals surface area contributed by atoms with E-state index in [1.54, 1.807) is 6.29 Å². The summed E-state index contributed by atoms with van der Waals surface area (Å²) in [4.78, 5) is 19.6. The zero-order chi connectivity index (χ0) is 12.3. The van der Waals surface area contributed by atoms with Gasteiger partial charge in [-0.25, -0.2) is 0 Å². The van der Waals surface area contributed by atoms with E-state index in [1.807, 2.05) is 0 Å². The van der Waals surface area contributed by atoms with E-state index in [4.69, 9.17) is 5.73 Å². The molecule has 0 saturated heterocycles. The molecular formula is C9H11NO4PS. The molecule has 0 heterocycles. The molecule has 0 aliphatic heterocycles. The van der Waals surface area contributed by atoms with E-state index in [-0.39, 0.29) is 17.5 Å². The fourth-order valence-corrected chi connectivity index (χ4v) is 2.67. The molecule has 16 heavy (non-hydrogen) atoms. The van der Waals surface area contributed by atoms with Gasteiger partial charge in [-0.1, -0.05) is 18.3 Å². The van der Waals surface area contributed by atoms with Crippen LogP contribution in [0.15, 0.2) is 18.2 Å². The molecule has 1 aromatic carbocycles. The summed E-state index contributed by atoms with van der Waals surface area (Å²) >= 11 is 3.57. The zero-order valence-electron chi connectivity index (χ0n) is 8.20. The molecule has 0 amide bonds. The zero-order valence-corrected chi connectivity index (χ0v) is 9.99. The van der Waals surface area contributed by atoms with E-state index >= 15 is 0 Å². The van der Waals surface area contributed by atoms with E-state index in [1.165, 1.54) is 12.1 Å². The maximum absolute atomic E-state index is 11.4. The van der Waals surface area contributed by atoms with E-state index in [9.17, 15) is 19.4 Å². The van der Waals surface area contributed by atoms with Crippen LogP contribution in [-0.4, -0.2) is 22.3 Å². The van der Waals surface area contributed by atoms with Crippen molar-refractivity contribution < 1.29 is 19.4 Å². The first kappa shape index (κ1) is 13.3. The van der Waals surface area contributed by atoms with Crippen molar-refractivity contribution in [1.82, 2.24) is 0 Å². The highest BCUT2D eigenvalue weighted by Crippen LogP contribution is 2.45. The van der Waals surface area contributed by atoms with Gasteiger partial charge in [0, 0.05) is 0 Å². The Morgan fingerprint density at radius 1 is 1.56 bits per heavy atom. The average molecular weight is 260 g/mol. The van der Waals surface area contributed by atoms with Gasteiger partial charge in [-0.3, -0.25) is 9.36 Å². The topological polar surface area (TPSA) is 101 Å². The lowest BCUT2D eigenvalue weighted by Gasteiger charge is -2.12. The molecule has 0 spiro atoms. The van der Waals surface area contributed by atoms with Gasteiger partial charge in [-0.05, 0) is 24.1 Å².